The number of benzene rings is 1. The zero-order chi connectivity index (χ0) is 10.9. The number of alkyl halides is 2. The summed E-state index contributed by atoms with van der Waals surface area (Å²) in [6.45, 7) is 0. The van der Waals surface area contributed by atoms with Gasteiger partial charge in [-0.05, 0) is 0 Å². The summed E-state index contributed by atoms with van der Waals surface area (Å²) in [6.07, 6.45) is 0. The molecule has 6 heteroatoms. The van der Waals surface area contributed by atoms with Gasteiger partial charge in [-0.25, -0.2) is 0 Å². The van der Waals surface area contributed by atoms with E-state index in [2.05, 4.69) is 31.9 Å². The Kier molecular flexibility index (Phi) is 5.37. The number of hydrogen-bond acceptors (Lipinski definition) is 0. The molecule has 1 aromatic carbocycles. The van der Waals surface area contributed by atoms with Gasteiger partial charge < -0.3 is 0 Å². The molecular formula is C8H4Br2Cl4. The van der Waals surface area contributed by atoms with Gasteiger partial charge in [-0.2, -0.15) is 0 Å². The Morgan fingerprint density at radius 1 is 0.643 bits per heavy atom. The van der Waals surface area contributed by atoms with E-state index in [0.717, 1.165) is 11.1 Å². The fourth-order valence-electron chi connectivity index (χ4n) is 0.971. The topological polar surface area (TPSA) is 0 Å². The minimum Gasteiger partial charge on any atom is -0.0875 e. The number of rotatable bonds is 2. The first-order valence-corrected chi connectivity index (χ1v) is 7.25. The molecule has 78 valence electrons. The monoisotopic (exact) mass is 398 g/mol. The lowest BCUT2D eigenvalue weighted by atomic mass is 10.1. The van der Waals surface area contributed by atoms with E-state index < -0.39 is 0 Å². The highest BCUT2D eigenvalue weighted by molar-refractivity contribution is 9.08. The van der Waals surface area contributed by atoms with Gasteiger partial charge in [0.25, 0.3) is 0 Å². The molecule has 0 aliphatic rings. The molecule has 0 aliphatic heterocycles. The van der Waals surface area contributed by atoms with Crippen LogP contribution in [0.5, 0.6) is 0 Å². The standard InChI is InChI=1S/C8H4Br2Cl4/c9-1-3-5(11)4(2-10)7(13)8(14)6(3)12/h1-2H2. The normalized spacial score (nSPS) is 10.7. The maximum absolute atomic E-state index is 6.10. The van der Waals surface area contributed by atoms with Gasteiger partial charge in [0, 0.05) is 21.8 Å². The van der Waals surface area contributed by atoms with Gasteiger partial charge in [0.05, 0.1) is 20.1 Å². The van der Waals surface area contributed by atoms with Crippen LogP contribution in [0.2, 0.25) is 20.1 Å². The summed E-state index contributed by atoms with van der Waals surface area (Å²) in [6, 6.07) is 0. The van der Waals surface area contributed by atoms with Crippen LogP contribution in [-0.2, 0) is 10.7 Å². The quantitative estimate of drug-likeness (QED) is 0.319. The maximum Gasteiger partial charge on any atom is 0.0785 e. The molecule has 0 atom stereocenters. The van der Waals surface area contributed by atoms with Crippen LogP contribution in [0.4, 0.5) is 0 Å². The predicted molar refractivity (Wildman–Crippen MR) is 71.7 cm³/mol. The van der Waals surface area contributed by atoms with Crippen molar-refractivity contribution in [1.29, 1.82) is 0 Å². The lowest BCUT2D eigenvalue weighted by Gasteiger charge is -2.12. The van der Waals surface area contributed by atoms with E-state index in [4.69, 9.17) is 46.4 Å². The van der Waals surface area contributed by atoms with Crippen LogP contribution in [0, 0.1) is 0 Å². The Balaban J connectivity index is 3.56. The maximum atomic E-state index is 6.10. The molecule has 0 nitrogen and oxygen atoms in total. The molecule has 0 bridgehead atoms. The van der Waals surface area contributed by atoms with Crippen molar-refractivity contribution in [3.8, 4) is 0 Å². The van der Waals surface area contributed by atoms with Gasteiger partial charge in [-0.1, -0.05) is 78.3 Å². The molecule has 1 aromatic rings. The molecule has 14 heavy (non-hydrogen) atoms. The lowest BCUT2D eigenvalue weighted by molar-refractivity contribution is 1.35. The van der Waals surface area contributed by atoms with E-state index in [9.17, 15) is 0 Å². The summed E-state index contributed by atoms with van der Waals surface area (Å²) in [7, 11) is 0. The van der Waals surface area contributed by atoms with Gasteiger partial charge in [0.15, 0.2) is 0 Å². The molecule has 0 heterocycles. The van der Waals surface area contributed by atoms with Crippen molar-refractivity contribution in [2.75, 3.05) is 0 Å². The molecule has 0 unspecified atom stereocenters. The first-order valence-electron chi connectivity index (χ1n) is 3.50. The average molecular weight is 402 g/mol. The molecule has 0 aliphatic carbocycles. The number of halogens is 6. The number of hydrogen-bond donors (Lipinski definition) is 0. The van der Waals surface area contributed by atoms with Gasteiger partial charge in [-0.3, -0.25) is 0 Å². The van der Waals surface area contributed by atoms with E-state index in [0.29, 0.717) is 30.8 Å². The van der Waals surface area contributed by atoms with E-state index in [1.807, 2.05) is 0 Å². The second-order valence-electron chi connectivity index (χ2n) is 2.48. The molecular weight excluding hydrogens is 398 g/mol. The van der Waals surface area contributed by atoms with Crippen LogP contribution in [0.15, 0.2) is 0 Å². The minimum atomic E-state index is 0.349. The van der Waals surface area contributed by atoms with Crippen LogP contribution in [0.25, 0.3) is 0 Å². The fraction of sp³-hybridized carbons (Fsp3) is 0.250. The Labute approximate surface area is 119 Å². The summed E-state index contributed by atoms with van der Waals surface area (Å²) in [5.41, 5.74) is 1.52. The Hall–Kier alpha value is 1.34. The molecule has 0 amide bonds. The van der Waals surface area contributed by atoms with Crippen molar-refractivity contribution in [2.45, 2.75) is 10.7 Å². The fourth-order valence-corrected chi connectivity index (χ4v) is 3.95. The molecule has 0 fully saturated rings. The smallest absolute Gasteiger partial charge is 0.0785 e. The SMILES string of the molecule is Clc1c(Cl)c(CBr)c(Cl)c(CBr)c1Cl. The molecule has 0 N–H and O–H groups in total. The summed E-state index contributed by atoms with van der Waals surface area (Å²) in [5, 5.41) is 2.80. The third kappa shape index (κ3) is 2.36. The molecule has 1 rings (SSSR count). The van der Waals surface area contributed by atoms with Gasteiger partial charge in [0.1, 0.15) is 0 Å². The Morgan fingerprint density at radius 3 is 1.29 bits per heavy atom. The van der Waals surface area contributed by atoms with Crippen molar-refractivity contribution in [1.82, 2.24) is 0 Å². The van der Waals surface area contributed by atoms with Gasteiger partial charge in [0.2, 0.25) is 0 Å². The highest BCUT2D eigenvalue weighted by Crippen LogP contribution is 2.42. The average Bonchev–Trinajstić information content (AvgIpc) is 2.16. The summed E-state index contributed by atoms with van der Waals surface area (Å²) >= 11 is 30.6. The van der Waals surface area contributed by atoms with E-state index in [1.165, 1.54) is 0 Å². The second-order valence-corrected chi connectivity index (χ2v) is 5.11. The second kappa shape index (κ2) is 5.60. The molecule has 0 saturated carbocycles. The zero-order valence-electron chi connectivity index (χ0n) is 6.68. The highest BCUT2D eigenvalue weighted by atomic mass is 79.9. The van der Waals surface area contributed by atoms with Gasteiger partial charge >= 0.3 is 0 Å². The van der Waals surface area contributed by atoms with Crippen LogP contribution in [0.3, 0.4) is 0 Å². The van der Waals surface area contributed by atoms with E-state index in [-0.39, 0.29) is 0 Å². The Morgan fingerprint density at radius 2 is 1.00 bits per heavy atom. The predicted octanol–water partition coefficient (Wildman–Crippen LogP) is 6.09. The highest BCUT2D eigenvalue weighted by Gasteiger charge is 2.18. The molecule has 0 saturated heterocycles. The zero-order valence-corrected chi connectivity index (χ0v) is 12.9. The van der Waals surface area contributed by atoms with Crippen molar-refractivity contribution in [2.24, 2.45) is 0 Å². The third-order valence-corrected chi connectivity index (χ3v) is 4.70. The van der Waals surface area contributed by atoms with Crippen LogP contribution in [0.1, 0.15) is 11.1 Å². The van der Waals surface area contributed by atoms with Crippen molar-refractivity contribution >= 4 is 78.3 Å². The van der Waals surface area contributed by atoms with E-state index >= 15 is 0 Å². The lowest BCUT2D eigenvalue weighted by Crippen LogP contribution is -1.92. The largest absolute Gasteiger partial charge is 0.0875 e. The van der Waals surface area contributed by atoms with Crippen molar-refractivity contribution in [3.05, 3.63) is 31.2 Å². The first kappa shape index (κ1) is 13.4. The molecule has 0 aromatic heterocycles. The first-order chi connectivity index (χ1) is 6.54. The van der Waals surface area contributed by atoms with Crippen LogP contribution in [-0.4, -0.2) is 0 Å². The van der Waals surface area contributed by atoms with Gasteiger partial charge in [-0.15, -0.1) is 0 Å². The molecule has 0 radical (unpaired) electrons. The third-order valence-electron chi connectivity index (χ3n) is 1.71. The Bertz CT molecular complexity index is 334. The van der Waals surface area contributed by atoms with Crippen molar-refractivity contribution in [3.63, 3.8) is 0 Å². The molecule has 0 spiro atoms. The van der Waals surface area contributed by atoms with Crippen LogP contribution < -0.4 is 0 Å². The summed E-state index contributed by atoms with van der Waals surface area (Å²) < 4.78 is 0. The van der Waals surface area contributed by atoms with Crippen molar-refractivity contribution < 1.29 is 0 Å². The summed E-state index contributed by atoms with van der Waals surface area (Å²) in [5.74, 6) is 0. The summed E-state index contributed by atoms with van der Waals surface area (Å²) in [4.78, 5) is 0. The minimum absolute atomic E-state index is 0.349. The van der Waals surface area contributed by atoms with Crippen LogP contribution >= 0.6 is 78.3 Å². The van der Waals surface area contributed by atoms with E-state index in [1.54, 1.807) is 0 Å².